The van der Waals surface area contributed by atoms with Gasteiger partial charge in [-0.3, -0.25) is 14.6 Å². The highest BCUT2D eigenvalue weighted by atomic mass is 32.2. The Labute approximate surface area is 152 Å². The number of carbonyl (C=O) groups excluding carboxylic acids is 1. The van der Waals surface area contributed by atoms with E-state index < -0.39 is 21.9 Å². The third-order valence-electron chi connectivity index (χ3n) is 3.98. The van der Waals surface area contributed by atoms with Gasteiger partial charge in [-0.05, 0) is 11.6 Å². The molecular weight excluding hydrogens is 362 g/mol. The lowest BCUT2D eigenvalue weighted by Crippen LogP contribution is -2.44. The van der Waals surface area contributed by atoms with Crippen molar-refractivity contribution in [3.63, 3.8) is 0 Å². The van der Waals surface area contributed by atoms with E-state index in [0.717, 1.165) is 5.56 Å². The number of hydrogen-bond acceptors (Lipinski definition) is 6. The van der Waals surface area contributed by atoms with Gasteiger partial charge < -0.3 is 14.7 Å². The number of aliphatic carboxylic acids is 1. The van der Waals surface area contributed by atoms with E-state index in [2.05, 4.69) is 4.98 Å². The molecule has 1 aliphatic rings. The van der Waals surface area contributed by atoms with Gasteiger partial charge in [-0.25, -0.2) is 8.42 Å². The molecule has 1 aromatic heterocycles. The zero-order chi connectivity index (χ0) is 19.0. The average molecular weight is 385 g/mol. The third-order valence-corrected chi connectivity index (χ3v) is 5.83. The number of hydrogen-bond donors (Lipinski definition) is 1. The van der Waals surface area contributed by atoms with Crippen LogP contribution in [0.3, 0.4) is 0 Å². The van der Waals surface area contributed by atoms with Gasteiger partial charge in [0.15, 0.2) is 0 Å². The van der Waals surface area contributed by atoms with E-state index in [1.54, 1.807) is 24.5 Å². The molecule has 1 fully saturated rings. The summed E-state index contributed by atoms with van der Waals surface area (Å²) in [4.78, 5) is 28.4. The molecule has 1 amide bonds. The van der Waals surface area contributed by atoms with Crippen LogP contribution in [0.25, 0.3) is 0 Å². The first-order valence-electron chi connectivity index (χ1n) is 8.32. The van der Waals surface area contributed by atoms with Gasteiger partial charge in [-0.1, -0.05) is 6.07 Å². The summed E-state index contributed by atoms with van der Waals surface area (Å²) in [5, 5.41) is 8.77. The van der Waals surface area contributed by atoms with Crippen LogP contribution in [0.2, 0.25) is 0 Å². The topological polar surface area (TPSA) is 117 Å². The quantitative estimate of drug-likeness (QED) is 0.633. The maximum absolute atomic E-state index is 12.5. The summed E-state index contributed by atoms with van der Waals surface area (Å²) >= 11 is 0. The molecule has 1 saturated heterocycles. The van der Waals surface area contributed by atoms with Crippen molar-refractivity contribution < 1.29 is 27.9 Å². The lowest BCUT2D eigenvalue weighted by Gasteiger charge is -2.28. The number of carbonyl (C=O) groups is 2. The summed E-state index contributed by atoms with van der Waals surface area (Å²) in [5.74, 6) is -1.68. The van der Waals surface area contributed by atoms with Crippen molar-refractivity contribution in [3.05, 3.63) is 30.1 Å². The van der Waals surface area contributed by atoms with Gasteiger partial charge in [0, 0.05) is 45.0 Å². The minimum Gasteiger partial charge on any atom is -0.481 e. The highest BCUT2D eigenvalue weighted by molar-refractivity contribution is 7.89. The lowest BCUT2D eigenvalue weighted by atomic mass is 10.2. The van der Waals surface area contributed by atoms with Crippen LogP contribution in [0.4, 0.5) is 0 Å². The maximum Gasteiger partial charge on any atom is 0.303 e. The number of amides is 1. The summed E-state index contributed by atoms with van der Waals surface area (Å²) in [6.07, 6.45) is 2.72. The average Bonchev–Trinajstić information content (AvgIpc) is 2.64. The van der Waals surface area contributed by atoms with Crippen LogP contribution in [-0.4, -0.2) is 78.2 Å². The predicted octanol–water partition coefficient (Wildman–Crippen LogP) is -0.0630. The Morgan fingerprint density at radius 3 is 2.62 bits per heavy atom. The molecule has 0 unspecified atom stereocenters. The SMILES string of the molecule is O=C(O)CCC(=O)N(CCS(=O)(=O)N1CCOCC1)Cc1cccnc1. The number of pyridine rings is 1. The highest BCUT2D eigenvalue weighted by Gasteiger charge is 2.26. The molecule has 0 saturated carbocycles. The first-order chi connectivity index (χ1) is 12.4. The lowest BCUT2D eigenvalue weighted by molar-refractivity contribution is -0.141. The van der Waals surface area contributed by atoms with Crippen molar-refractivity contribution in [2.45, 2.75) is 19.4 Å². The zero-order valence-electron chi connectivity index (χ0n) is 14.4. The number of ether oxygens (including phenoxy) is 1. The fourth-order valence-corrected chi connectivity index (χ4v) is 3.97. The third kappa shape index (κ3) is 6.36. The van der Waals surface area contributed by atoms with Gasteiger partial charge in [0.2, 0.25) is 15.9 Å². The number of sulfonamides is 1. The molecule has 0 spiro atoms. The van der Waals surface area contributed by atoms with Gasteiger partial charge in [0.1, 0.15) is 0 Å². The second-order valence-corrected chi connectivity index (χ2v) is 7.99. The number of carboxylic acid groups (broad SMARTS) is 1. The maximum atomic E-state index is 12.5. The van der Waals surface area contributed by atoms with Crippen molar-refractivity contribution in [1.29, 1.82) is 0 Å². The number of aromatic nitrogens is 1. The van der Waals surface area contributed by atoms with Crippen molar-refractivity contribution in [3.8, 4) is 0 Å². The second-order valence-electron chi connectivity index (χ2n) is 5.90. The Bertz CT molecular complexity index is 704. The van der Waals surface area contributed by atoms with E-state index in [1.807, 2.05) is 0 Å². The Morgan fingerprint density at radius 2 is 2.00 bits per heavy atom. The number of morpholine rings is 1. The normalized spacial score (nSPS) is 15.5. The van der Waals surface area contributed by atoms with Gasteiger partial charge in [0.25, 0.3) is 0 Å². The Balaban J connectivity index is 2.02. The molecule has 0 radical (unpaired) electrons. The summed E-state index contributed by atoms with van der Waals surface area (Å²) in [5.41, 5.74) is 0.750. The van der Waals surface area contributed by atoms with Gasteiger partial charge in [0.05, 0.1) is 25.4 Å². The molecular formula is C16H23N3O6S. The molecule has 0 bridgehead atoms. The summed E-state index contributed by atoms with van der Waals surface area (Å²) in [6, 6.07) is 3.50. The number of rotatable bonds is 9. The van der Waals surface area contributed by atoms with Gasteiger partial charge >= 0.3 is 5.97 Å². The van der Waals surface area contributed by atoms with Crippen LogP contribution in [0, 0.1) is 0 Å². The monoisotopic (exact) mass is 385 g/mol. The van der Waals surface area contributed by atoms with E-state index in [-0.39, 0.29) is 31.7 Å². The molecule has 2 heterocycles. The molecule has 1 N–H and O–H groups in total. The van der Waals surface area contributed by atoms with E-state index in [9.17, 15) is 18.0 Å². The smallest absolute Gasteiger partial charge is 0.303 e. The highest BCUT2D eigenvalue weighted by Crippen LogP contribution is 2.10. The van der Waals surface area contributed by atoms with E-state index in [1.165, 1.54) is 9.21 Å². The Kier molecular flexibility index (Phi) is 7.49. The molecule has 1 aliphatic heterocycles. The number of carboxylic acids is 1. The summed E-state index contributed by atoms with van der Waals surface area (Å²) < 4.78 is 31.4. The van der Waals surface area contributed by atoms with Crippen LogP contribution >= 0.6 is 0 Å². The van der Waals surface area contributed by atoms with Gasteiger partial charge in [-0.2, -0.15) is 4.31 Å². The number of nitrogens with zero attached hydrogens (tertiary/aromatic N) is 3. The molecule has 144 valence electrons. The molecule has 2 rings (SSSR count). The van der Waals surface area contributed by atoms with Crippen LogP contribution in [0.1, 0.15) is 18.4 Å². The molecule has 0 aliphatic carbocycles. The molecule has 0 atom stereocenters. The van der Waals surface area contributed by atoms with Crippen LogP contribution in [0.15, 0.2) is 24.5 Å². The molecule has 10 heteroatoms. The second kappa shape index (κ2) is 9.60. The summed E-state index contributed by atoms with van der Waals surface area (Å²) in [7, 11) is -3.51. The standard InChI is InChI=1S/C16H23N3O6S/c20-15(3-4-16(21)22)18(13-14-2-1-5-17-12-14)8-11-26(23,24)19-6-9-25-10-7-19/h1-2,5,12H,3-4,6-11,13H2,(H,21,22). The van der Waals surface area contributed by atoms with Crippen molar-refractivity contribution in [2.75, 3.05) is 38.6 Å². The predicted molar refractivity (Wildman–Crippen MR) is 92.7 cm³/mol. The molecule has 0 aromatic carbocycles. The van der Waals surface area contributed by atoms with Crippen molar-refractivity contribution in [2.24, 2.45) is 0 Å². The van der Waals surface area contributed by atoms with Crippen molar-refractivity contribution in [1.82, 2.24) is 14.2 Å². The van der Waals surface area contributed by atoms with Crippen LogP contribution < -0.4 is 0 Å². The Morgan fingerprint density at radius 1 is 1.27 bits per heavy atom. The molecule has 1 aromatic rings. The van der Waals surface area contributed by atoms with Gasteiger partial charge in [-0.15, -0.1) is 0 Å². The minimum absolute atomic E-state index is 0.00691. The summed E-state index contributed by atoms with van der Waals surface area (Å²) in [6.45, 7) is 1.50. The largest absolute Gasteiger partial charge is 0.481 e. The van der Waals surface area contributed by atoms with Crippen LogP contribution in [0.5, 0.6) is 0 Å². The first kappa shape index (κ1) is 20.3. The first-order valence-corrected chi connectivity index (χ1v) is 9.93. The molecule has 26 heavy (non-hydrogen) atoms. The zero-order valence-corrected chi connectivity index (χ0v) is 15.2. The fourth-order valence-electron chi connectivity index (χ4n) is 2.56. The van der Waals surface area contributed by atoms with Crippen molar-refractivity contribution >= 4 is 21.9 Å². The minimum atomic E-state index is -3.51. The fraction of sp³-hybridized carbons (Fsp3) is 0.562. The molecule has 9 nitrogen and oxygen atoms in total. The van der Waals surface area contributed by atoms with E-state index >= 15 is 0 Å². The van der Waals surface area contributed by atoms with Crippen LogP contribution in [-0.2, 0) is 30.9 Å². The Hall–Kier alpha value is -2.04. The van der Waals surface area contributed by atoms with E-state index in [4.69, 9.17) is 9.84 Å². The van der Waals surface area contributed by atoms with E-state index in [0.29, 0.717) is 26.3 Å².